The number of nitrogens with zero attached hydrogens (tertiary/aromatic N) is 2. The number of anilines is 1. The lowest BCUT2D eigenvalue weighted by Gasteiger charge is -2.23. The summed E-state index contributed by atoms with van der Waals surface area (Å²) in [5, 5.41) is 0. The van der Waals surface area contributed by atoms with Gasteiger partial charge in [0.15, 0.2) is 0 Å². The Morgan fingerprint density at radius 3 is 2.61 bits per heavy atom. The molecule has 28 heavy (non-hydrogen) atoms. The minimum Gasteiger partial charge on any atom is -0.307 e. The molecule has 0 fully saturated rings. The van der Waals surface area contributed by atoms with Gasteiger partial charge in [-0.15, -0.1) is 11.8 Å². The molecule has 8 heteroatoms. The predicted octanol–water partition coefficient (Wildman–Crippen LogP) is 4.00. The quantitative estimate of drug-likeness (QED) is 0.731. The number of hydrogen-bond donors (Lipinski definition) is 0. The molecule has 2 aromatic carbocycles. The van der Waals surface area contributed by atoms with Crippen molar-refractivity contribution >= 4 is 33.4 Å². The molecule has 0 atom stereocenters. The van der Waals surface area contributed by atoms with Crippen LogP contribution in [-0.2, 0) is 10.0 Å². The van der Waals surface area contributed by atoms with Gasteiger partial charge in [0.1, 0.15) is 10.7 Å². The highest BCUT2D eigenvalue weighted by atomic mass is 32.2. The van der Waals surface area contributed by atoms with Crippen molar-refractivity contribution in [2.45, 2.75) is 30.1 Å². The van der Waals surface area contributed by atoms with E-state index < -0.39 is 20.7 Å². The smallest absolute Gasteiger partial charge is 0.258 e. The monoisotopic (exact) mass is 422 g/mol. The average Bonchev–Trinajstić information content (AvgIpc) is 2.91. The fraction of sp³-hybridized carbons (Fsp3) is 0.350. The topological polar surface area (TPSA) is 57.7 Å². The van der Waals surface area contributed by atoms with E-state index in [-0.39, 0.29) is 24.6 Å². The van der Waals surface area contributed by atoms with Gasteiger partial charge < -0.3 is 4.90 Å². The lowest BCUT2D eigenvalue weighted by molar-refractivity contribution is 0.0986. The number of hydrogen-bond acceptors (Lipinski definition) is 4. The number of amides is 1. The van der Waals surface area contributed by atoms with Gasteiger partial charge in [-0.25, -0.2) is 12.8 Å². The molecule has 0 saturated carbocycles. The maximum absolute atomic E-state index is 14.4. The SMILES string of the molecule is CCN(CC)S(=O)(=O)c1cc(C(=O)N2CCCSc3ccccc32)ccc1F. The molecule has 0 bridgehead atoms. The van der Waals surface area contributed by atoms with Crippen LogP contribution in [0, 0.1) is 5.82 Å². The third kappa shape index (κ3) is 3.94. The average molecular weight is 423 g/mol. The summed E-state index contributed by atoms with van der Waals surface area (Å²) in [7, 11) is -4.00. The van der Waals surface area contributed by atoms with E-state index in [9.17, 15) is 17.6 Å². The molecule has 1 amide bonds. The van der Waals surface area contributed by atoms with Gasteiger partial charge in [-0.2, -0.15) is 4.31 Å². The summed E-state index contributed by atoms with van der Waals surface area (Å²) >= 11 is 1.69. The van der Waals surface area contributed by atoms with Crippen molar-refractivity contribution < 1.29 is 17.6 Å². The number of fused-ring (bicyclic) bond motifs is 1. The summed E-state index contributed by atoms with van der Waals surface area (Å²) in [4.78, 5) is 15.4. The molecule has 0 aromatic heterocycles. The predicted molar refractivity (Wildman–Crippen MR) is 110 cm³/mol. The largest absolute Gasteiger partial charge is 0.307 e. The molecule has 150 valence electrons. The molecule has 0 N–H and O–H groups in total. The van der Waals surface area contributed by atoms with Crippen LogP contribution in [0.1, 0.15) is 30.6 Å². The summed E-state index contributed by atoms with van der Waals surface area (Å²) < 4.78 is 41.1. The normalized spacial score (nSPS) is 14.6. The Morgan fingerprint density at radius 2 is 1.89 bits per heavy atom. The molecule has 0 saturated heterocycles. The highest BCUT2D eigenvalue weighted by molar-refractivity contribution is 7.99. The summed E-state index contributed by atoms with van der Waals surface area (Å²) in [6, 6.07) is 11.2. The van der Waals surface area contributed by atoms with Crippen LogP contribution >= 0.6 is 11.8 Å². The minimum absolute atomic E-state index is 0.161. The lowest BCUT2D eigenvalue weighted by Crippen LogP contribution is -2.33. The van der Waals surface area contributed by atoms with Crippen LogP contribution in [0.5, 0.6) is 0 Å². The fourth-order valence-electron chi connectivity index (χ4n) is 3.23. The first-order valence-corrected chi connectivity index (χ1v) is 11.7. The van der Waals surface area contributed by atoms with Crippen LogP contribution in [0.15, 0.2) is 52.3 Å². The molecule has 0 unspecified atom stereocenters. The van der Waals surface area contributed by atoms with Crippen molar-refractivity contribution in [1.82, 2.24) is 4.31 Å². The number of para-hydroxylation sites is 1. The van der Waals surface area contributed by atoms with Crippen LogP contribution in [-0.4, -0.2) is 44.0 Å². The Kier molecular flexibility index (Phi) is 6.42. The Bertz CT molecular complexity index is 975. The van der Waals surface area contributed by atoms with Crippen LogP contribution in [0.25, 0.3) is 0 Å². The molecule has 0 spiro atoms. The van der Waals surface area contributed by atoms with E-state index in [0.717, 1.165) is 34.9 Å². The Morgan fingerprint density at radius 1 is 1.18 bits per heavy atom. The van der Waals surface area contributed by atoms with Gasteiger partial charge in [-0.1, -0.05) is 26.0 Å². The highest BCUT2D eigenvalue weighted by Gasteiger charge is 2.28. The molecule has 2 aromatic rings. The fourth-order valence-corrected chi connectivity index (χ4v) is 5.77. The summed E-state index contributed by atoms with van der Waals surface area (Å²) in [6.07, 6.45) is 0.816. The summed E-state index contributed by atoms with van der Waals surface area (Å²) in [6.45, 7) is 4.37. The van der Waals surface area contributed by atoms with Crippen molar-refractivity contribution in [2.24, 2.45) is 0 Å². The standard InChI is InChI=1S/C20H23FN2O3S2/c1-3-22(4-2)28(25,26)19-14-15(10-11-16(19)21)20(24)23-12-7-13-27-18-9-6-5-8-17(18)23/h5-6,8-11,14H,3-4,7,12-13H2,1-2H3. The molecular weight excluding hydrogens is 399 g/mol. The van der Waals surface area contributed by atoms with E-state index in [1.54, 1.807) is 30.5 Å². The molecule has 1 aliphatic rings. The number of rotatable bonds is 5. The van der Waals surface area contributed by atoms with Crippen molar-refractivity contribution in [1.29, 1.82) is 0 Å². The van der Waals surface area contributed by atoms with E-state index in [0.29, 0.717) is 6.54 Å². The van der Waals surface area contributed by atoms with Crippen LogP contribution < -0.4 is 4.90 Å². The lowest BCUT2D eigenvalue weighted by atomic mass is 10.1. The Balaban J connectivity index is 2.03. The first-order chi connectivity index (χ1) is 13.4. The van der Waals surface area contributed by atoms with E-state index >= 15 is 0 Å². The second-order valence-corrected chi connectivity index (χ2v) is 9.40. The van der Waals surface area contributed by atoms with Gasteiger partial charge in [0.2, 0.25) is 10.0 Å². The zero-order valence-corrected chi connectivity index (χ0v) is 17.5. The second kappa shape index (κ2) is 8.63. The van der Waals surface area contributed by atoms with E-state index in [2.05, 4.69) is 0 Å². The number of carbonyl (C=O) groups is 1. The van der Waals surface area contributed by atoms with E-state index in [4.69, 9.17) is 0 Å². The number of halogens is 1. The first-order valence-electron chi connectivity index (χ1n) is 9.23. The minimum atomic E-state index is -4.00. The molecule has 5 nitrogen and oxygen atoms in total. The molecule has 1 aliphatic heterocycles. The molecule has 0 aliphatic carbocycles. The maximum Gasteiger partial charge on any atom is 0.258 e. The molecular formula is C20H23FN2O3S2. The van der Waals surface area contributed by atoms with Gasteiger partial charge in [-0.3, -0.25) is 4.79 Å². The number of sulfonamides is 1. The third-order valence-corrected chi connectivity index (χ3v) is 7.90. The van der Waals surface area contributed by atoms with Gasteiger partial charge in [-0.05, 0) is 42.5 Å². The Hall–Kier alpha value is -1.90. The van der Waals surface area contributed by atoms with Gasteiger partial charge in [0.05, 0.1) is 5.69 Å². The zero-order valence-electron chi connectivity index (χ0n) is 15.9. The van der Waals surface area contributed by atoms with Crippen molar-refractivity contribution in [3.05, 3.63) is 53.8 Å². The second-order valence-electron chi connectivity index (χ2n) is 6.36. The van der Waals surface area contributed by atoms with Gasteiger partial charge in [0, 0.05) is 30.1 Å². The van der Waals surface area contributed by atoms with E-state index in [1.165, 1.54) is 10.4 Å². The van der Waals surface area contributed by atoms with E-state index in [1.807, 2.05) is 24.3 Å². The molecule has 3 rings (SSSR count). The Labute approximate surface area is 169 Å². The highest BCUT2D eigenvalue weighted by Crippen LogP contribution is 2.34. The summed E-state index contributed by atoms with van der Waals surface area (Å²) in [5.41, 5.74) is 0.960. The number of carbonyl (C=O) groups excluding carboxylic acids is 1. The van der Waals surface area contributed by atoms with Crippen molar-refractivity contribution in [3.8, 4) is 0 Å². The molecule has 1 heterocycles. The van der Waals surface area contributed by atoms with Crippen molar-refractivity contribution in [2.75, 3.05) is 30.3 Å². The number of benzene rings is 2. The maximum atomic E-state index is 14.4. The third-order valence-electron chi connectivity index (χ3n) is 4.69. The zero-order chi connectivity index (χ0) is 20.3. The van der Waals surface area contributed by atoms with Gasteiger partial charge >= 0.3 is 0 Å². The molecule has 0 radical (unpaired) electrons. The number of thioether (sulfide) groups is 1. The first kappa shape index (κ1) is 20.8. The van der Waals surface area contributed by atoms with Crippen LogP contribution in [0.2, 0.25) is 0 Å². The summed E-state index contributed by atoms with van der Waals surface area (Å²) in [5.74, 6) is -0.285. The van der Waals surface area contributed by atoms with Crippen LogP contribution in [0.3, 0.4) is 0 Å². The van der Waals surface area contributed by atoms with Gasteiger partial charge in [0.25, 0.3) is 5.91 Å². The van der Waals surface area contributed by atoms with Crippen molar-refractivity contribution in [3.63, 3.8) is 0 Å². The van der Waals surface area contributed by atoms with Crippen LogP contribution in [0.4, 0.5) is 10.1 Å².